The topological polar surface area (TPSA) is 56.0 Å². The maximum atomic E-state index is 11.8. The van der Waals surface area contributed by atoms with Crippen LogP contribution in [0.1, 0.15) is 74.6 Å². The zero-order valence-electron chi connectivity index (χ0n) is 12.4. The van der Waals surface area contributed by atoms with Crippen molar-refractivity contribution in [2.45, 2.75) is 70.1 Å². The summed E-state index contributed by atoms with van der Waals surface area (Å²) in [5.41, 5.74) is 5.58. The summed E-state index contributed by atoms with van der Waals surface area (Å²) in [6, 6.07) is 0. The number of nitrogens with zero attached hydrogens (tertiary/aromatic N) is 1. The van der Waals surface area contributed by atoms with Crippen molar-refractivity contribution in [1.82, 2.24) is 4.98 Å². The fraction of sp³-hybridized carbons (Fsp3) is 0.750. The summed E-state index contributed by atoms with van der Waals surface area (Å²) in [6.45, 7) is 4.70. The highest BCUT2D eigenvalue weighted by atomic mass is 32.1. The summed E-state index contributed by atoms with van der Waals surface area (Å²) >= 11 is 1.74. The standard InChI is InChI=1S/C16H24N2OS/c1-15(2)7-4-3-6-11(15)13-18-10-12(20-13)16(14(17)19)8-5-9-16/h10-11H,3-9H2,1-2H3,(H2,17,19)/t11-/m1/s1. The molecule has 1 aromatic rings. The van der Waals surface area contributed by atoms with Crippen LogP contribution in [0.4, 0.5) is 0 Å². The number of carbonyl (C=O) groups is 1. The molecule has 0 radical (unpaired) electrons. The van der Waals surface area contributed by atoms with E-state index in [9.17, 15) is 4.79 Å². The molecule has 2 saturated carbocycles. The predicted molar refractivity (Wildman–Crippen MR) is 81.8 cm³/mol. The van der Waals surface area contributed by atoms with Gasteiger partial charge in [0.05, 0.1) is 10.4 Å². The van der Waals surface area contributed by atoms with Crippen molar-refractivity contribution in [2.24, 2.45) is 11.1 Å². The predicted octanol–water partition coefficient (Wildman–Crippen LogP) is 3.73. The van der Waals surface area contributed by atoms with Gasteiger partial charge in [0.2, 0.25) is 5.91 Å². The zero-order chi connectivity index (χ0) is 14.4. The van der Waals surface area contributed by atoms with Crippen molar-refractivity contribution in [3.8, 4) is 0 Å². The van der Waals surface area contributed by atoms with Crippen LogP contribution in [0.5, 0.6) is 0 Å². The Labute approximate surface area is 125 Å². The van der Waals surface area contributed by atoms with Gasteiger partial charge < -0.3 is 5.73 Å². The van der Waals surface area contributed by atoms with Gasteiger partial charge in [0.15, 0.2) is 0 Å². The number of hydrogen-bond donors (Lipinski definition) is 1. The Balaban J connectivity index is 1.88. The van der Waals surface area contributed by atoms with Crippen molar-refractivity contribution >= 4 is 17.2 Å². The van der Waals surface area contributed by atoms with E-state index >= 15 is 0 Å². The SMILES string of the molecule is CC1(C)CCCC[C@@H]1c1ncc(C2(C(N)=O)CCC2)s1. The molecule has 1 atom stereocenters. The van der Waals surface area contributed by atoms with Gasteiger partial charge in [0.25, 0.3) is 0 Å². The normalized spacial score (nSPS) is 27.8. The third-order valence-electron chi connectivity index (χ3n) is 5.48. The highest BCUT2D eigenvalue weighted by Gasteiger charge is 2.46. The third-order valence-corrected chi connectivity index (χ3v) is 6.79. The Morgan fingerprint density at radius 3 is 2.60 bits per heavy atom. The summed E-state index contributed by atoms with van der Waals surface area (Å²) in [7, 11) is 0. The average molecular weight is 292 g/mol. The lowest BCUT2D eigenvalue weighted by Crippen LogP contribution is -2.46. The molecule has 0 unspecified atom stereocenters. The van der Waals surface area contributed by atoms with Crippen molar-refractivity contribution in [3.63, 3.8) is 0 Å². The molecule has 3 rings (SSSR count). The first kappa shape index (κ1) is 14.1. The lowest BCUT2D eigenvalue weighted by molar-refractivity contribution is -0.126. The van der Waals surface area contributed by atoms with Gasteiger partial charge in [-0.1, -0.05) is 33.1 Å². The summed E-state index contributed by atoms with van der Waals surface area (Å²) in [5.74, 6) is 0.377. The minimum atomic E-state index is -0.394. The van der Waals surface area contributed by atoms with Crippen LogP contribution in [0.3, 0.4) is 0 Å². The molecule has 0 aliphatic heterocycles. The third kappa shape index (κ3) is 2.09. The van der Waals surface area contributed by atoms with E-state index in [4.69, 9.17) is 5.73 Å². The van der Waals surface area contributed by atoms with Crippen LogP contribution in [-0.4, -0.2) is 10.9 Å². The fourth-order valence-corrected chi connectivity index (χ4v) is 5.28. The van der Waals surface area contributed by atoms with Gasteiger partial charge in [-0.05, 0) is 31.1 Å². The van der Waals surface area contributed by atoms with Crippen molar-refractivity contribution < 1.29 is 4.79 Å². The molecular formula is C16H24N2OS. The number of rotatable bonds is 3. The van der Waals surface area contributed by atoms with Crippen molar-refractivity contribution in [1.29, 1.82) is 0 Å². The van der Waals surface area contributed by atoms with Crippen LogP contribution >= 0.6 is 11.3 Å². The molecule has 110 valence electrons. The van der Waals surface area contributed by atoms with E-state index in [0.29, 0.717) is 11.3 Å². The fourth-order valence-electron chi connectivity index (χ4n) is 3.77. The molecular weight excluding hydrogens is 268 g/mol. The second-order valence-corrected chi connectivity index (χ2v) is 8.21. The van der Waals surface area contributed by atoms with Gasteiger partial charge in [0, 0.05) is 17.0 Å². The van der Waals surface area contributed by atoms with Gasteiger partial charge in [-0.15, -0.1) is 11.3 Å². The molecule has 1 amide bonds. The van der Waals surface area contributed by atoms with Gasteiger partial charge >= 0.3 is 0 Å². The Bertz CT molecular complexity index is 516. The van der Waals surface area contributed by atoms with Crippen molar-refractivity contribution in [3.05, 3.63) is 16.1 Å². The number of carbonyl (C=O) groups excluding carboxylic acids is 1. The molecule has 1 aromatic heterocycles. The van der Waals surface area contributed by atoms with Crippen LogP contribution in [0, 0.1) is 5.41 Å². The molecule has 2 fully saturated rings. The average Bonchev–Trinajstić information content (AvgIpc) is 2.75. The molecule has 4 heteroatoms. The Hall–Kier alpha value is -0.900. The smallest absolute Gasteiger partial charge is 0.228 e. The molecule has 0 saturated heterocycles. The molecule has 20 heavy (non-hydrogen) atoms. The largest absolute Gasteiger partial charge is 0.369 e. The molecule has 2 aliphatic carbocycles. The molecule has 0 bridgehead atoms. The Morgan fingerprint density at radius 1 is 1.30 bits per heavy atom. The lowest BCUT2D eigenvalue weighted by Gasteiger charge is -2.38. The summed E-state index contributed by atoms with van der Waals surface area (Å²) in [5, 5.41) is 1.22. The number of aromatic nitrogens is 1. The maximum absolute atomic E-state index is 11.8. The van der Waals surface area contributed by atoms with Crippen LogP contribution in [-0.2, 0) is 10.2 Å². The first-order valence-electron chi connectivity index (χ1n) is 7.72. The molecule has 0 spiro atoms. The van der Waals surface area contributed by atoms with Gasteiger partial charge in [-0.2, -0.15) is 0 Å². The molecule has 0 aromatic carbocycles. The van der Waals surface area contributed by atoms with Crippen LogP contribution in [0.15, 0.2) is 6.20 Å². The highest BCUT2D eigenvalue weighted by Crippen LogP contribution is 2.51. The summed E-state index contributed by atoms with van der Waals surface area (Å²) in [4.78, 5) is 17.6. The molecule has 2 aliphatic rings. The van der Waals surface area contributed by atoms with Gasteiger partial charge in [0.1, 0.15) is 0 Å². The van der Waals surface area contributed by atoms with E-state index in [0.717, 1.165) is 24.1 Å². The van der Waals surface area contributed by atoms with Crippen LogP contribution in [0.2, 0.25) is 0 Å². The van der Waals surface area contributed by atoms with Gasteiger partial charge in [-0.3, -0.25) is 4.79 Å². The van der Waals surface area contributed by atoms with E-state index in [1.54, 1.807) is 11.3 Å². The van der Waals surface area contributed by atoms with Crippen LogP contribution in [0.25, 0.3) is 0 Å². The maximum Gasteiger partial charge on any atom is 0.228 e. The van der Waals surface area contributed by atoms with E-state index in [1.807, 2.05) is 6.20 Å². The second kappa shape index (κ2) is 4.83. The van der Waals surface area contributed by atoms with E-state index < -0.39 is 5.41 Å². The first-order valence-corrected chi connectivity index (χ1v) is 8.53. The van der Waals surface area contributed by atoms with Gasteiger partial charge in [-0.25, -0.2) is 4.98 Å². The Kier molecular flexibility index (Phi) is 3.39. The van der Waals surface area contributed by atoms with Crippen LogP contribution < -0.4 is 5.73 Å². The number of nitrogens with two attached hydrogens (primary N) is 1. The molecule has 2 N–H and O–H groups in total. The first-order chi connectivity index (χ1) is 9.46. The highest BCUT2D eigenvalue weighted by molar-refractivity contribution is 7.12. The minimum Gasteiger partial charge on any atom is -0.369 e. The zero-order valence-corrected chi connectivity index (χ0v) is 13.3. The minimum absolute atomic E-state index is 0.165. The monoisotopic (exact) mass is 292 g/mol. The number of thiazole rings is 1. The summed E-state index contributed by atoms with van der Waals surface area (Å²) in [6.07, 6.45) is 9.95. The second-order valence-electron chi connectivity index (χ2n) is 7.15. The molecule has 1 heterocycles. The molecule has 3 nitrogen and oxygen atoms in total. The lowest BCUT2D eigenvalue weighted by atomic mass is 9.67. The number of amides is 1. The quantitative estimate of drug-likeness (QED) is 0.922. The number of hydrogen-bond acceptors (Lipinski definition) is 3. The Morgan fingerprint density at radius 2 is 2.05 bits per heavy atom. The summed E-state index contributed by atoms with van der Waals surface area (Å²) < 4.78 is 0. The number of primary amides is 1. The van der Waals surface area contributed by atoms with Crippen molar-refractivity contribution in [2.75, 3.05) is 0 Å². The van der Waals surface area contributed by atoms with E-state index in [1.165, 1.54) is 30.7 Å². The van der Waals surface area contributed by atoms with E-state index in [-0.39, 0.29) is 5.91 Å². The van der Waals surface area contributed by atoms with E-state index in [2.05, 4.69) is 18.8 Å².